The molecule has 0 radical (unpaired) electrons. The highest BCUT2D eigenvalue weighted by Gasteiger charge is 2.22. The van der Waals surface area contributed by atoms with Crippen molar-refractivity contribution in [3.63, 3.8) is 0 Å². The molecule has 1 amide bonds. The van der Waals surface area contributed by atoms with Gasteiger partial charge >= 0.3 is 0 Å². The number of aryl methyl sites for hydroxylation is 1. The Kier molecular flexibility index (Phi) is 4.72. The molecule has 2 aromatic rings. The van der Waals surface area contributed by atoms with E-state index in [0.717, 1.165) is 30.5 Å². The minimum Gasteiger partial charge on any atom is -0.482 e. The van der Waals surface area contributed by atoms with Crippen molar-refractivity contribution in [1.29, 1.82) is 0 Å². The third kappa shape index (κ3) is 3.77. The number of carbonyl (C=O) groups excluding carboxylic acids is 1. The Hall–Kier alpha value is -2.20. The molecule has 1 atom stereocenters. The van der Waals surface area contributed by atoms with Crippen molar-refractivity contribution >= 4 is 23.2 Å². The first-order valence-corrected chi connectivity index (χ1v) is 8.06. The molecule has 0 heterocycles. The maximum Gasteiger partial charge on any atom is 0.258 e. The molecule has 0 spiro atoms. The Labute approximate surface area is 140 Å². The topological polar surface area (TPSA) is 64.3 Å². The van der Waals surface area contributed by atoms with Gasteiger partial charge in [-0.3, -0.25) is 4.79 Å². The Morgan fingerprint density at radius 1 is 1.30 bits per heavy atom. The molecule has 5 heteroatoms. The molecule has 0 saturated heterocycles. The highest BCUT2D eigenvalue weighted by atomic mass is 35.5. The molecule has 0 bridgehead atoms. The first-order chi connectivity index (χ1) is 11.1. The van der Waals surface area contributed by atoms with Crippen LogP contribution in [-0.2, 0) is 11.2 Å². The van der Waals surface area contributed by atoms with Crippen LogP contribution < -0.4 is 15.8 Å². The Morgan fingerprint density at radius 2 is 2.13 bits per heavy atom. The summed E-state index contributed by atoms with van der Waals surface area (Å²) in [6.07, 6.45) is 2.96. The first-order valence-electron chi connectivity index (χ1n) is 7.68. The third-order valence-electron chi connectivity index (χ3n) is 4.01. The van der Waals surface area contributed by atoms with Crippen LogP contribution in [0.25, 0.3) is 0 Å². The molecule has 2 aromatic carbocycles. The van der Waals surface area contributed by atoms with Gasteiger partial charge in [0.05, 0.1) is 11.1 Å². The number of anilines is 1. The number of para-hydroxylation sites is 1. The molecule has 1 aliphatic carbocycles. The van der Waals surface area contributed by atoms with Gasteiger partial charge in [0.15, 0.2) is 6.61 Å². The van der Waals surface area contributed by atoms with Crippen LogP contribution >= 0.6 is 11.6 Å². The second kappa shape index (κ2) is 6.92. The van der Waals surface area contributed by atoms with Crippen molar-refractivity contribution in [3.05, 3.63) is 58.6 Å². The summed E-state index contributed by atoms with van der Waals surface area (Å²) in [4.78, 5) is 12.2. The summed E-state index contributed by atoms with van der Waals surface area (Å²) < 4.78 is 5.48. The first kappa shape index (κ1) is 15.7. The van der Waals surface area contributed by atoms with Crippen LogP contribution in [0.15, 0.2) is 42.5 Å². The summed E-state index contributed by atoms with van der Waals surface area (Å²) in [6.45, 7) is -0.0511. The highest BCUT2D eigenvalue weighted by molar-refractivity contribution is 6.32. The van der Waals surface area contributed by atoms with Crippen LogP contribution in [-0.4, -0.2) is 12.5 Å². The van der Waals surface area contributed by atoms with Crippen LogP contribution in [0.5, 0.6) is 5.75 Å². The zero-order valence-corrected chi connectivity index (χ0v) is 13.5. The number of carbonyl (C=O) groups is 1. The minimum atomic E-state index is -0.153. The van der Waals surface area contributed by atoms with Crippen molar-refractivity contribution in [2.24, 2.45) is 0 Å². The summed E-state index contributed by atoms with van der Waals surface area (Å²) in [5.74, 6) is 0.362. The standard InChI is InChI=1S/C18H19ClN2O2/c19-15-5-1-2-7-17(15)23-11-18(22)21-16-6-3-4-12-10-13(20)8-9-14(12)16/h1-2,5,7-10,16H,3-4,6,11,20H2,(H,21,22). The van der Waals surface area contributed by atoms with Gasteiger partial charge in [-0.1, -0.05) is 29.8 Å². The van der Waals surface area contributed by atoms with E-state index in [0.29, 0.717) is 10.8 Å². The molecule has 120 valence electrons. The zero-order valence-electron chi connectivity index (χ0n) is 12.7. The van der Waals surface area contributed by atoms with E-state index in [-0.39, 0.29) is 18.6 Å². The lowest BCUT2D eigenvalue weighted by Crippen LogP contribution is -2.34. The second-order valence-corrected chi connectivity index (χ2v) is 6.10. The lowest BCUT2D eigenvalue weighted by Gasteiger charge is -2.26. The van der Waals surface area contributed by atoms with Gasteiger partial charge < -0.3 is 15.8 Å². The van der Waals surface area contributed by atoms with Crippen molar-refractivity contribution in [2.75, 3.05) is 12.3 Å². The molecule has 0 aliphatic heterocycles. The van der Waals surface area contributed by atoms with E-state index in [1.165, 1.54) is 5.56 Å². The average Bonchev–Trinajstić information content (AvgIpc) is 2.54. The van der Waals surface area contributed by atoms with Gasteiger partial charge in [0.2, 0.25) is 0 Å². The fourth-order valence-corrected chi connectivity index (χ4v) is 3.12. The number of amides is 1. The van der Waals surface area contributed by atoms with Gasteiger partial charge in [0.1, 0.15) is 5.75 Å². The molecule has 23 heavy (non-hydrogen) atoms. The quantitative estimate of drug-likeness (QED) is 0.843. The lowest BCUT2D eigenvalue weighted by molar-refractivity contribution is -0.123. The Bertz CT molecular complexity index is 718. The molecule has 1 unspecified atom stereocenters. The van der Waals surface area contributed by atoms with Gasteiger partial charge in [0, 0.05) is 5.69 Å². The molecule has 0 aromatic heterocycles. The number of hydrogen-bond donors (Lipinski definition) is 2. The molecule has 3 N–H and O–H groups in total. The summed E-state index contributed by atoms with van der Waals surface area (Å²) >= 11 is 6.01. The smallest absolute Gasteiger partial charge is 0.258 e. The van der Waals surface area contributed by atoms with E-state index < -0.39 is 0 Å². The van der Waals surface area contributed by atoms with Gasteiger partial charge in [-0.25, -0.2) is 0 Å². The summed E-state index contributed by atoms with van der Waals surface area (Å²) in [5.41, 5.74) is 8.96. The third-order valence-corrected chi connectivity index (χ3v) is 4.32. The van der Waals surface area contributed by atoms with E-state index in [4.69, 9.17) is 22.1 Å². The molecular formula is C18H19ClN2O2. The van der Waals surface area contributed by atoms with Crippen molar-refractivity contribution in [1.82, 2.24) is 5.32 Å². The molecule has 4 nitrogen and oxygen atoms in total. The van der Waals surface area contributed by atoms with Gasteiger partial charge in [-0.15, -0.1) is 0 Å². The predicted molar refractivity (Wildman–Crippen MR) is 91.6 cm³/mol. The molecule has 1 aliphatic rings. The Balaban J connectivity index is 1.62. The summed E-state index contributed by atoms with van der Waals surface area (Å²) in [5, 5.41) is 3.54. The number of halogens is 1. The monoisotopic (exact) mass is 330 g/mol. The predicted octanol–water partition coefficient (Wildman–Crippen LogP) is 3.49. The van der Waals surface area contributed by atoms with Gasteiger partial charge in [-0.05, 0) is 54.7 Å². The van der Waals surface area contributed by atoms with E-state index in [1.54, 1.807) is 12.1 Å². The summed E-state index contributed by atoms with van der Waals surface area (Å²) in [6, 6.07) is 13.0. The van der Waals surface area contributed by atoms with Crippen LogP contribution in [0.1, 0.15) is 30.0 Å². The number of ether oxygens (including phenoxy) is 1. The largest absolute Gasteiger partial charge is 0.482 e. The number of nitrogens with two attached hydrogens (primary N) is 1. The zero-order chi connectivity index (χ0) is 16.2. The molecule has 0 saturated carbocycles. The number of nitrogens with one attached hydrogen (secondary N) is 1. The number of fused-ring (bicyclic) bond motifs is 1. The number of nitrogen functional groups attached to an aromatic ring is 1. The number of hydrogen-bond acceptors (Lipinski definition) is 3. The average molecular weight is 331 g/mol. The normalized spacial score (nSPS) is 16.5. The number of benzene rings is 2. The van der Waals surface area contributed by atoms with Gasteiger partial charge in [0.25, 0.3) is 5.91 Å². The highest BCUT2D eigenvalue weighted by Crippen LogP contribution is 2.31. The van der Waals surface area contributed by atoms with Crippen LogP contribution in [0.2, 0.25) is 5.02 Å². The molecule has 3 rings (SSSR count). The van der Waals surface area contributed by atoms with Crippen LogP contribution in [0.4, 0.5) is 5.69 Å². The molecule has 0 fully saturated rings. The maximum absolute atomic E-state index is 12.2. The van der Waals surface area contributed by atoms with Crippen molar-refractivity contribution in [3.8, 4) is 5.75 Å². The lowest BCUT2D eigenvalue weighted by atomic mass is 9.87. The van der Waals surface area contributed by atoms with E-state index >= 15 is 0 Å². The van der Waals surface area contributed by atoms with E-state index in [1.807, 2.05) is 30.3 Å². The Morgan fingerprint density at radius 3 is 2.96 bits per heavy atom. The van der Waals surface area contributed by atoms with Gasteiger partial charge in [-0.2, -0.15) is 0 Å². The summed E-state index contributed by atoms with van der Waals surface area (Å²) in [7, 11) is 0. The van der Waals surface area contributed by atoms with Crippen LogP contribution in [0, 0.1) is 0 Å². The number of rotatable bonds is 4. The van der Waals surface area contributed by atoms with E-state index in [9.17, 15) is 4.79 Å². The maximum atomic E-state index is 12.2. The fraction of sp³-hybridized carbons (Fsp3) is 0.278. The molecular weight excluding hydrogens is 312 g/mol. The van der Waals surface area contributed by atoms with Crippen molar-refractivity contribution in [2.45, 2.75) is 25.3 Å². The minimum absolute atomic E-state index is 0.0155. The fourth-order valence-electron chi connectivity index (χ4n) is 2.93. The second-order valence-electron chi connectivity index (χ2n) is 5.69. The van der Waals surface area contributed by atoms with Crippen molar-refractivity contribution < 1.29 is 9.53 Å². The van der Waals surface area contributed by atoms with E-state index in [2.05, 4.69) is 5.32 Å². The SMILES string of the molecule is Nc1ccc2c(c1)CCCC2NC(=O)COc1ccccc1Cl. The van der Waals surface area contributed by atoms with Crippen LogP contribution in [0.3, 0.4) is 0 Å².